The van der Waals surface area contributed by atoms with E-state index in [1.807, 2.05) is 13.8 Å². The van der Waals surface area contributed by atoms with Gasteiger partial charge in [-0.1, -0.05) is 6.92 Å². The van der Waals surface area contributed by atoms with E-state index in [0.29, 0.717) is 0 Å². The Bertz CT molecular complexity index is 350. The quantitative estimate of drug-likeness (QED) is 0.662. The highest BCUT2D eigenvalue weighted by Gasteiger charge is 2.09. The molecule has 0 aliphatic heterocycles. The van der Waals surface area contributed by atoms with Gasteiger partial charge in [0, 0.05) is 25.3 Å². The second-order valence-electron chi connectivity index (χ2n) is 4.91. The Morgan fingerprint density at radius 3 is 2.84 bits per heavy atom. The average molecular weight is 268 g/mol. The molecule has 0 aliphatic rings. The minimum atomic E-state index is 0.784. The summed E-state index contributed by atoms with van der Waals surface area (Å²) >= 11 is 0. The highest BCUT2D eigenvalue weighted by molar-refractivity contribution is 5.20. The molecule has 19 heavy (non-hydrogen) atoms. The van der Waals surface area contributed by atoms with E-state index in [1.165, 1.54) is 5.56 Å². The largest absolute Gasteiger partial charge is 0.465 e. The summed E-state index contributed by atoms with van der Waals surface area (Å²) < 4.78 is 11.1. The fourth-order valence-corrected chi connectivity index (χ4v) is 1.95. The molecular formula is C15H28N2O2. The first-order valence-corrected chi connectivity index (χ1v) is 7.22. The van der Waals surface area contributed by atoms with E-state index >= 15 is 0 Å². The van der Waals surface area contributed by atoms with Crippen LogP contribution in [0.3, 0.4) is 0 Å². The Morgan fingerprint density at radius 2 is 2.16 bits per heavy atom. The summed E-state index contributed by atoms with van der Waals surface area (Å²) in [4.78, 5) is 2.26. The van der Waals surface area contributed by atoms with Crippen LogP contribution in [-0.2, 0) is 17.8 Å². The number of ether oxygens (including phenoxy) is 1. The van der Waals surface area contributed by atoms with E-state index in [-0.39, 0.29) is 0 Å². The number of rotatable bonds is 10. The van der Waals surface area contributed by atoms with Crippen LogP contribution >= 0.6 is 0 Å². The summed E-state index contributed by atoms with van der Waals surface area (Å²) in [6.45, 7) is 11.5. The molecule has 1 heterocycles. The predicted octanol–water partition coefficient (Wildman–Crippen LogP) is 2.56. The molecule has 0 saturated heterocycles. The van der Waals surface area contributed by atoms with Gasteiger partial charge in [0.2, 0.25) is 0 Å². The van der Waals surface area contributed by atoms with Crippen LogP contribution in [0.25, 0.3) is 0 Å². The van der Waals surface area contributed by atoms with Gasteiger partial charge in [0.15, 0.2) is 0 Å². The van der Waals surface area contributed by atoms with Crippen LogP contribution in [-0.4, -0.2) is 38.3 Å². The van der Waals surface area contributed by atoms with Gasteiger partial charge in [0.25, 0.3) is 0 Å². The zero-order valence-corrected chi connectivity index (χ0v) is 12.8. The molecule has 1 aromatic rings. The van der Waals surface area contributed by atoms with Gasteiger partial charge in [-0.2, -0.15) is 0 Å². The van der Waals surface area contributed by atoms with Crippen LogP contribution in [0.1, 0.15) is 37.4 Å². The lowest BCUT2D eigenvalue weighted by Gasteiger charge is -2.15. The van der Waals surface area contributed by atoms with Crippen LogP contribution in [0, 0.1) is 6.92 Å². The van der Waals surface area contributed by atoms with Gasteiger partial charge in [0.05, 0.1) is 13.2 Å². The normalized spacial score (nSPS) is 11.4. The maximum atomic E-state index is 5.77. The van der Waals surface area contributed by atoms with Crippen molar-refractivity contribution < 1.29 is 9.15 Å². The van der Waals surface area contributed by atoms with Crippen molar-refractivity contribution in [3.05, 3.63) is 23.2 Å². The van der Waals surface area contributed by atoms with Crippen molar-refractivity contribution in [2.24, 2.45) is 0 Å². The monoisotopic (exact) mass is 268 g/mol. The van der Waals surface area contributed by atoms with Gasteiger partial charge in [-0.25, -0.2) is 0 Å². The molecule has 1 N–H and O–H groups in total. The smallest absolute Gasteiger partial charge is 0.118 e. The second kappa shape index (κ2) is 9.13. The summed E-state index contributed by atoms with van der Waals surface area (Å²) in [5, 5.41) is 3.36. The van der Waals surface area contributed by atoms with Crippen molar-refractivity contribution in [3.63, 3.8) is 0 Å². The van der Waals surface area contributed by atoms with Crippen LogP contribution in [0.4, 0.5) is 0 Å². The molecule has 0 aliphatic carbocycles. The molecule has 1 rings (SSSR count). The molecule has 0 amide bonds. The van der Waals surface area contributed by atoms with E-state index in [2.05, 4.69) is 30.3 Å². The summed E-state index contributed by atoms with van der Waals surface area (Å²) in [5.74, 6) is 2.05. The van der Waals surface area contributed by atoms with Crippen LogP contribution in [0.5, 0.6) is 0 Å². The summed E-state index contributed by atoms with van der Waals surface area (Å²) in [7, 11) is 2.11. The summed E-state index contributed by atoms with van der Waals surface area (Å²) in [6.07, 6.45) is 1.15. The van der Waals surface area contributed by atoms with Crippen molar-refractivity contribution >= 4 is 0 Å². The first kappa shape index (κ1) is 16.2. The minimum Gasteiger partial charge on any atom is -0.465 e. The molecular weight excluding hydrogens is 240 g/mol. The lowest BCUT2D eigenvalue weighted by atomic mass is 10.2. The SMILES string of the molecule is CCCNCc1cc(CN(C)CCOCC)c(C)o1. The van der Waals surface area contributed by atoms with Gasteiger partial charge in [0.1, 0.15) is 11.5 Å². The summed E-state index contributed by atoms with van der Waals surface area (Å²) in [5.41, 5.74) is 1.27. The Kier molecular flexibility index (Phi) is 7.79. The molecule has 0 spiro atoms. The van der Waals surface area contributed by atoms with Crippen LogP contribution < -0.4 is 5.32 Å². The van der Waals surface area contributed by atoms with Crippen LogP contribution in [0.15, 0.2) is 10.5 Å². The standard InChI is InChI=1S/C15H28N2O2/c1-5-7-16-11-15-10-14(13(3)19-15)12-17(4)8-9-18-6-2/h10,16H,5-9,11-12H2,1-4H3. The number of hydrogen-bond donors (Lipinski definition) is 1. The fourth-order valence-electron chi connectivity index (χ4n) is 1.95. The van der Waals surface area contributed by atoms with Crippen molar-refractivity contribution in [1.29, 1.82) is 0 Å². The minimum absolute atomic E-state index is 0.784. The number of aryl methyl sites for hydroxylation is 1. The Morgan fingerprint density at radius 1 is 1.37 bits per heavy atom. The lowest BCUT2D eigenvalue weighted by Crippen LogP contribution is -2.22. The Hall–Kier alpha value is -0.840. The van der Waals surface area contributed by atoms with Crippen molar-refractivity contribution in [2.75, 3.05) is 33.4 Å². The Labute approximate surface area is 117 Å². The Balaban J connectivity index is 2.40. The molecule has 0 unspecified atom stereocenters. The number of nitrogens with zero attached hydrogens (tertiary/aromatic N) is 1. The molecule has 1 aromatic heterocycles. The molecule has 0 atom stereocenters. The number of nitrogens with one attached hydrogen (secondary N) is 1. The van der Waals surface area contributed by atoms with Gasteiger partial charge < -0.3 is 14.5 Å². The predicted molar refractivity (Wildman–Crippen MR) is 78.3 cm³/mol. The van der Waals surface area contributed by atoms with E-state index in [9.17, 15) is 0 Å². The molecule has 4 heteroatoms. The third-order valence-corrected chi connectivity index (χ3v) is 3.06. The van der Waals surface area contributed by atoms with E-state index in [1.54, 1.807) is 0 Å². The van der Waals surface area contributed by atoms with E-state index in [4.69, 9.17) is 9.15 Å². The van der Waals surface area contributed by atoms with Gasteiger partial charge >= 0.3 is 0 Å². The van der Waals surface area contributed by atoms with Crippen molar-refractivity contribution in [2.45, 2.75) is 40.3 Å². The molecule has 0 fully saturated rings. The number of likely N-dealkylation sites (N-methyl/N-ethyl adjacent to an activating group) is 1. The number of furan rings is 1. The zero-order chi connectivity index (χ0) is 14.1. The summed E-state index contributed by atoms with van der Waals surface area (Å²) in [6, 6.07) is 2.16. The van der Waals surface area contributed by atoms with Gasteiger partial charge in [-0.15, -0.1) is 0 Å². The topological polar surface area (TPSA) is 37.6 Å². The lowest BCUT2D eigenvalue weighted by molar-refractivity contribution is 0.120. The molecule has 110 valence electrons. The van der Waals surface area contributed by atoms with E-state index < -0.39 is 0 Å². The molecule has 0 bridgehead atoms. The number of hydrogen-bond acceptors (Lipinski definition) is 4. The highest BCUT2D eigenvalue weighted by Crippen LogP contribution is 2.16. The van der Waals surface area contributed by atoms with Gasteiger partial charge in [-0.3, -0.25) is 4.90 Å². The first-order chi connectivity index (χ1) is 9.17. The molecule has 0 radical (unpaired) electrons. The van der Waals surface area contributed by atoms with Crippen molar-refractivity contribution in [3.8, 4) is 0 Å². The molecule has 4 nitrogen and oxygen atoms in total. The van der Waals surface area contributed by atoms with Crippen LogP contribution in [0.2, 0.25) is 0 Å². The maximum absolute atomic E-state index is 5.77. The van der Waals surface area contributed by atoms with Gasteiger partial charge in [-0.05, 0) is 39.9 Å². The van der Waals surface area contributed by atoms with Crippen molar-refractivity contribution in [1.82, 2.24) is 10.2 Å². The average Bonchev–Trinajstić information content (AvgIpc) is 2.71. The highest BCUT2D eigenvalue weighted by atomic mass is 16.5. The maximum Gasteiger partial charge on any atom is 0.118 e. The second-order valence-corrected chi connectivity index (χ2v) is 4.91. The van der Waals surface area contributed by atoms with E-state index in [0.717, 1.165) is 57.3 Å². The molecule has 0 saturated carbocycles. The zero-order valence-electron chi connectivity index (χ0n) is 12.8. The third kappa shape index (κ3) is 6.23. The first-order valence-electron chi connectivity index (χ1n) is 7.22. The fraction of sp³-hybridized carbons (Fsp3) is 0.733. The third-order valence-electron chi connectivity index (χ3n) is 3.06. The molecule has 0 aromatic carbocycles.